The largest absolute Gasteiger partial charge is 0.479 e. The highest BCUT2D eigenvalue weighted by Crippen LogP contribution is 2.31. The van der Waals surface area contributed by atoms with Gasteiger partial charge in [0.1, 0.15) is 0 Å². The molecule has 1 fully saturated rings. The number of hydrogen-bond acceptors (Lipinski definition) is 3. The van der Waals surface area contributed by atoms with Crippen LogP contribution < -0.4 is 11.1 Å². The summed E-state index contributed by atoms with van der Waals surface area (Å²) in [5.41, 5.74) is 5.80. The molecule has 1 aromatic carbocycles. The number of hydrogen-bond donors (Lipinski definition) is 3. The standard InChI is InChI=1S/C16H22N2O3/c1-11-6-5-9-16(17,10-11)15(21)18-13(14(19)20)12-7-3-2-4-8-12/h2-4,7-8,11,13H,5-6,9-10,17H2,1H3,(H,18,21)(H,19,20)/t11?,13-,16?/m1/s1. The lowest BCUT2D eigenvalue weighted by molar-refractivity contribution is -0.143. The van der Waals surface area contributed by atoms with Gasteiger partial charge in [-0.25, -0.2) is 4.79 Å². The van der Waals surface area contributed by atoms with Crippen molar-refractivity contribution in [2.75, 3.05) is 0 Å². The van der Waals surface area contributed by atoms with Crippen molar-refractivity contribution in [3.8, 4) is 0 Å². The minimum atomic E-state index is -1.08. The Bertz CT molecular complexity index is 518. The minimum absolute atomic E-state index is 0.370. The molecule has 5 nitrogen and oxygen atoms in total. The summed E-state index contributed by atoms with van der Waals surface area (Å²) in [5, 5.41) is 12.0. The van der Waals surface area contributed by atoms with Crippen LogP contribution in [0.5, 0.6) is 0 Å². The molecule has 21 heavy (non-hydrogen) atoms. The molecule has 3 atom stereocenters. The maximum Gasteiger partial charge on any atom is 0.330 e. The quantitative estimate of drug-likeness (QED) is 0.789. The van der Waals surface area contributed by atoms with E-state index in [9.17, 15) is 14.7 Å². The van der Waals surface area contributed by atoms with E-state index in [2.05, 4.69) is 12.2 Å². The second-order valence-electron chi connectivity index (χ2n) is 6.01. The number of carboxylic acids is 1. The van der Waals surface area contributed by atoms with Gasteiger partial charge in [0, 0.05) is 0 Å². The zero-order valence-electron chi connectivity index (χ0n) is 12.2. The van der Waals surface area contributed by atoms with Gasteiger partial charge in [-0.2, -0.15) is 0 Å². The lowest BCUT2D eigenvalue weighted by Crippen LogP contribution is -2.57. The molecule has 2 unspecified atom stereocenters. The van der Waals surface area contributed by atoms with Crippen molar-refractivity contribution in [2.45, 2.75) is 44.2 Å². The number of rotatable bonds is 4. The van der Waals surface area contributed by atoms with Crippen LogP contribution in [0, 0.1) is 5.92 Å². The second kappa shape index (κ2) is 6.26. The van der Waals surface area contributed by atoms with Gasteiger partial charge in [-0.1, -0.05) is 50.1 Å². The Labute approximate surface area is 124 Å². The molecular weight excluding hydrogens is 268 g/mol. The van der Waals surface area contributed by atoms with Crippen molar-refractivity contribution < 1.29 is 14.7 Å². The topological polar surface area (TPSA) is 92.4 Å². The van der Waals surface area contributed by atoms with Crippen LogP contribution >= 0.6 is 0 Å². The van der Waals surface area contributed by atoms with E-state index in [1.165, 1.54) is 0 Å². The van der Waals surface area contributed by atoms with Crippen molar-refractivity contribution in [3.63, 3.8) is 0 Å². The Balaban J connectivity index is 2.14. The zero-order valence-corrected chi connectivity index (χ0v) is 12.2. The van der Waals surface area contributed by atoms with Crippen molar-refractivity contribution in [2.24, 2.45) is 11.7 Å². The summed E-state index contributed by atoms with van der Waals surface area (Å²) in [4.78, 5) is 23.9. The molecule has 1 aliphatic rings. The molecule has 0 bridgehead atoms. The summed E-state index contributed by atoms with van der Waals surface area (Å²) in [5.74, 6) is -1.07. The second-order valence-corrected chi connectivity index (χ2v) is 6.01. The van der Waals surface area contributed by atoms with Gasteiger partial charge in [-0.3, -0.25) is 4.79 Å². The summed E-state index contributed by atoms with van der Waals surface area (Å²) in [7, 11) is 0. The fraction of sp³-hybridized carbons (Fsp3) is 0.500. The highest BCUT2D eigenvalue weighted by atomic mass is 16.4. The molecular formula is C16H22N2O3. The average Bonchev–Trinajstić information content (AvgIpc) is 2.44. The Morgan fingerprint density at radius 3 is 2.62 bits per heavy atom. The van der Waals surface area contributed by atoms with Crippen LogP contribution in [0.1, 0.15) is 44.2 Å². The number of benzene rings is 1. The number of nitrogens with one attached hydrogen (secondary N) is 1. The summed E-state index contributed by atoms with van der Waals surface area (Å²) in [6.45, 7) is 2.07. The van der Waals surface area contributed by atoms with Crippen LogP contribution in [0.25, 0.3) is 0 Å². The highest BCUT2D eigenvalue weighted by molar-refractivity contribution is 5.90. The van der Waals surface area contributed by atoms with Gasteiger partial charge in [0.15, 0.2) is 6.04 Å². The van der Waals surface area contributed by atoms with E-state index in [0.29, 0.717) is 24.3 Å². The molecule has 114 valence electrons. The van der Waals surface area contributed by atoms with Crippen LogP contribution in [0.2, 0.25) is 0 Å². The monoisotopic (exact) mass is 290 g/mol. The maximum atomic E-state index is 12.5. The van der Waals surface area contributed by atoms with E-state index in [1.54, 1.807) is 30.3 Å². The number of carboxylic acid groups (broad SMARTS) is 1. The van der Waals surface area contributed by atoms with Gasteiger partial charge >= 0.3 is 5.97 Å². The van der Waals surface area contributed by atoms with Gasteiger partial charge in [-0.15, -0.1) is 0 Å². The average molecular weight is 290 g/mol. The lowest BCUT2D eigenvalue weighted by Gasteiger charge is -2.36. The van der Waals surface area contributed by atoms with Gasteiger partial charge in [0.25, 0.3) is 0 Å². The van der Waals surface area contributed by atoms with Crippen LogP contribution in [0.15, 0.2) is 30.3 Å². The Morgan fingerprint density at radius 2 is 2.05 bits per heavy atom. The van der Waals surface area contributed by atoms with E-state index in [-0.39, 0.29) is 5.91 Å². The molecule has 5 heteroatoms. The van der Waals surface area contributed by atoms with E-state index in [4.69, 9.17) is 5.73 Å². The number of amides is 1. The van der Waals surface area contributed by atoms with Gasteiger partial charge in [0.05, 0.1) is 5.54 Å². The number of carbonyl (C=O) groups excluding carboxylic acids is 1. The first-order valence-electron chi connectivity index (χ1n) is 7.30. The molecule has 1 aromatic rings. The molecule has 0 heterocycles. The van der Waals surface area contributed by atoms with Crippen molar-refractivity contribution in [1.82, 2.24) is 5.32 Å². The Hall–Kier alpha value is -1.88. The number of carbonyl (C=O) groups is 2. The molecule has 4 N–H and O–H groups in total. The summed E-state index contributed by atoms with van der Waals surface area (Å²) in [6, 6.07) is 7.61. The Kier molecular flexibility index (Phi) is 4.63. The highest BCUT2D eigenvalue weighted by Gasteiger charge is 2.39. The van der Waals surface area contributed by atoms with Crippen LogP contribution in [-0.4, -0.2) is 22.5 Å². The smallest absolute Gasteiger partial charge is 0.330 e. The fourth-order valence-electron chi connectivity index (χ4n) is 3.01. The van der Waals surface area contributed by atoms with E-state index in [0.717, 1.165) is 12.8 Å². The van der Waals surface area contributed by atoms with Crippen molar-refractivity contribution in [1.29, 1.82) is 0 Å². The maximum absolute atomic E-state index is 12.5. The number of nitrogens with two attached hydrogens (primary N) is 1. The zero-order chi connectivity index (χ0) is 15.5. The summed E-state index contributed by atoms with van der Waals surface area (Å²) < 4.78 is 0. The third kappa shape index (κ3) is 3.61. The van der Waals surface area contributed by atoms with E-state index >= 15 is 0 Å². The minimum Gasteiger partial charge on any atom is -0.479 e. The predicted octanol–water partition coefficient (Wildman–Crippen LogP) is 1.84. The van der Waals surface area contributed by atoms with Gasteiger partial charge in [-0.05, 0) is 24.3 Å². The first-order chi connectivity index (χ1) is 9.92. The predicted molar refractivity (Wildman–Crippen MR) is 79.5 cm³/mol. The summed E-state index contributed by atoms with van der Waals surface area (Å²) >= 11 is 0. The molecule has 0 spiro atoms. The molecule has 0 radical (unpaired) electrons. The Morgan fingerprint density at radius 1 is 1.38 bits per heavy atom. The van der Waals surface area contributed by atoms with Gasteiger partial charge < -0.3 is 16.2 Å². The van der Waals surface area contributed by atoms with Gasteiger partial charge in [0.2, 0.25) is 5.91 Å². The normalized spacial score (nSPS) is 26.9. The molecule has 2 rings (SSSR count). The van der Waals surface area contributed by atoms with Crippen molar-refractivity contribution in [3.05, 3.63) is 35.9 Å². The van der Waals surface area contributed by atoms with Crippen molar-refractivity contribution >= 4 is 11.9 Å². The number of aliphatic carboxylic acids is 1. The van der Waals surface area contributed by atoms with E-state index in [1.807, 2.05) is 0 Å². The van der Waals surface area contributed by atoms with Crippen LogP contribution in [-0.2, 0) is 9.59 Å². The molecule has 0 saturated heterocycles. The lowest BCUT2D eigenvalue weighted by atomic mass is 9.76. The molecule has 1 saturated carbocycles. The molecule has 1 aliphatic carbocycles. The molecule has 0 aliphatic heterocycles. The third-order valence-electron chi connectivity index (χ3n) is 4.14. The van der Waals surface area contributed by atoms with Crippen LogP contribution in [0.3, 0.4) is 0 Å². The van der Waals surface area contributed by atoms with Crippen LogP contribution in [0.4, 0.5) is 0 Å². The third-order valence-corrected chi connectivity index (χ3v) is 4.14. The SMILES string of the molecule is CC1CCCC(N)(C(=O)N[C@@H](C(=O)O)c2ccccc2)C1. The molecule has 1 amide bonds. The fourth-order valence-corrected chi connectivity index (χ4v) is 3.01. The first-order valence-corrected chi connectivity index (χ1v) is 7.30. The summed E-state index contributed by atoms with van der Waals surface area (Å²) in [6.07, 6.45) is 3.16. The van der Waals surface area contributed by atoms with E-state index < -0.39 is 17.6 Å². The first kappa shape index (κ1) is 15.5. The molecule has 0 aromatic heterocycles.